The Bertz CT molecular complexity index is 5470. The van der Waals surface area contributed by atoms with Crippen LogP contribution in [0.3, 0.4) is 0 Å². The minimum Gasteiger partial charge on any atom is -0.497 e. The molecule has 0 atom stereocenters. The average molecular weight is 1840 g/mol. The van der Waals surface area contributed by atoms with Crippen LogP contribution in [0.1, 0.15) is 197 Å². The Hall–Kier alpha value is -14.2. The number of anilines is 4. The van der Waals surface area contributed by atoms with Gasteiger partial charge in [0.1, 0.15) is 46.0 Å². The smallest absolute Gasteiger partial charge is 0.321 e. The number of benzene rings is 8. The van der Waals surface area contributed by atoms with Gasteiger partial charge < -0.3 is 98.4 Å². The third kappa shape index (κ3) is 27.9. The number of amides is 12. The van der Waals surface area contributed by atoms with E-state index in [-0.39, 0.29) is 70.9 Å². The number of aryl methyl sites for hydroxylation is 4. The zero-order valence-electron chi connectivity index (χ0n) is 80.0. The molecule has 4 aliphatic rings. The molecule has 4 saturated heterocycles. The normalized spacial score (nSPS) is 13.4. The van der Waals surface area contributed by atoms with Crippen LogP contribution in [0.5, 0.6) is 46.0 Å². The molecule has 0 spiro atoms. The number of piperazine rings is 4. The summed E-state index contributed by atoms with van der Waals surface area (Å²) in [5.74, 6) is 3.94. The van der Waals surface area contributed by atoms with Gasteiger partial charge in [-0.2, -0.15) is 0 Å². The summed E-state index contributed by atoms with van der Waals surface area (Å²) in [7, 11) is 12.3. The van der Waals surface area contributed by atoms with Gasteiger partial charge in [-0.25, -0.2) is 19.2 Å². The number of ether oxygens (including phenoxy) is 8. The van der Waals surface area contributed by atoms with E-state index in [1.165, 1.54) is 28.4 Å². The maximum atomic E-state index is 13.0. The zero-order chi connectivity index (χ0) is 97.2. The number of carbonyl (C=O) groups is 12. The number of nitrogens with one attached hydrogen (secondary N) is 4. The van der Waals surface area contributed by atoms with Crippen LogP contribution < -0.4 is 59.2 Å². The molecule has 4 fully saturated rings. The molecule has 4 heterocycles. The molecular weight excluding hydrogens is 1710 g/mol. The highest BCUT2D eigenvalue weighted by atomic mass is 16.5. The molecule has 12 rings (SSSR count). The fourth-order valence-corrected chi connectivity index (χ4v) is 15.3. The lowest BCUT2D eigenvalue weighted by Gasteiger charge is -2.35. The summed E-state index contributed by atoms with van der Waals surface area (Å²) in [4.78, 5) is 166. The maximum Gasteiger partial charge on any atom is 0.321 e. The van der Waals surface area contributed by atoms with Crippen LogP contribution in [0, 0.1) is 27.7 Å². The number of methoxy groups -OCH3 is 8. The Labute approximate surface area is 785 Å². The standard InChI is InChI=1S/C27H35N3O5.C26H33N3O5.C25H31N3O5.C24H29N3O5/c1-5-6-7-8-24(31)20-10-9-19(2)23(17-20)28-27(33)30-15-13-29(14-16-30)26(32)22-12-11-21(34-3)18-25(22)35-4;1-5-6-7-23(30)19-9-8-18(2)22(16-19)27-26(32)29-14-12-28(13-15-29)25(31)21-11-10-20(33-3)17-24(21)34-4;1-5-6-22(29)18-8-7-17(2)21(15-18)26-25(31)28-13-11-27(12-14-28)24(30)20-10-9-19(32-3)16-23(20)33-4;1-5-21(28)17-7-6-16(2)20(14-17)25-24(30)27-12-10-26(11-13-27)23(29)19-9-8-18(31-3)15-22(19)32-4/h9-12,17-18H,5-8,13-16H2,1-4H3,(H,28,33);8-11,16-17H,5-7,12-15H2,1-4H3,(H,27,32);7-10,15-16H,5-6,11-14H2,1-4H3,(H,26,31);6-9,14-15H,5,10-13H2,1-4H3,(H,25,30). The third-order valence-corrected chi connectivity index (χ3v) is 23.7. The molecular formula is C102H128N12O20. The van der Waals surface area contributed by atoms with Gasteiger partial charge in [0.15, 0.2) is 23.1 Å². The summed E-state index contributed by atoms with van der Waals surface area (Å²) < 4.78 is 42.2. The minimum absolute atomic E-state index is 0.0292. The molecule has 0 unspecified atom stereocenters. The van der Waals surface area contributed by atoms with Crippen LogP contribution >= 0.6 is 0 Å². The summed E-state index contributed by atoms with van der Waals surface area (Å²) in [6.45, 7) is 22.1. The summed E-state index contributed by atoms with van der Waals surface area (Å²) in [6, 6.07) is 41.0. The van der Waals surface area contributed by atoms with Gasteiger partial charge in [0, 0.05) is 200 Å². The molecule has 4 N–H and O–H groups in total. The van der Waals surface area contributed by atoms with Gasteiger partial charge in [-0.05, 0) is 142 Å². The minimum atomic E-state index is -0.247. The highest BCUT2D eigenvalue weighted by molar-refractivity contribution is 6.04. The molecule has 4 aliphatic heterocycles. The van der Waals surface area contributed by atoms with Crippen LogP contribution in [-0.2, 0) is 0 Å². The Balaban J connectivity index is 0.000000201. The van der Waals surface area contributed by atoms with Gasteiger partial charge in [0.25, 0.3) is 23.6 Å². The number of ketones is 4. The molecule has 12 amide bonds. The lowest BCUT2D eigenvalue weighted by Crippen LogP contribution is -2.51. The van der Waals surface area contributed by atoms with E-state index in [1.54, 1.807) is 183 Å². The number of hydrogen-bond acceptors (Lipinski definition) is 20. The van der Waals surface area contributed by atoms with Crippen molar-refractivity contribution in [1.82, 2.24) is 39.2 Å². The van der Waals surface area contributed by atoms with Crippen LogP contribution in [-0.4, -0.2) is 272 Å². The highest BCUT2D eigenvalue weighted by Gasteiger charge is 2.33. The van der Waals surface area contributed by atoms with Crippen molar-refractivity contribution in [3.63, 3.8) is 0 Å². The summed E-state index contributed by atoms with van der Waals surface area (Å²) in [5, 5.41) is 11.7. The number of urea groups is 4. The summed E-state index contributed by atoms with van der Waals surface area (Å²) >= 11 is 0. The third-order valence-electron chi connectivity index (χ3n) is 23.7. The van der Waals surface area contributed by atoms with Crippen LogP contribution in [0.15, 0.2) is 146 Å². The lowest BCUT2D eigenvalue weighted by atomic mass is 10.0. The fourth-order valence-electron chi connectivity index (χ4n) is 15.3. The monoisotopic (exact) mass is 1840 g/mol. The largest absolute Gasteiger partial charge is 0.497 e. The van der Waals surface area contributed by atoms with Crippen molar-refractivity contribution in [2.45, 2.75) is 120 Å². The molecule has 0 aromatic heterocycles. The van der Waals surface area contributed by atoms with Gasteiger partial charge in [-0.15, -0.1) is 0 Å². The average Bonchev–Trinajstić information content (AvgIpc) is 0.822. The highest BCUT2D eigenvalue weighted by Crippen LogP contribution is 2.33. The molecule has 0 radical (unpaired) electrons. The summed E-state index contributed by atoms with van der Waals surface area (Å²) in [5.41, 5.74) is 10.3. The summed E-state index contributed by atoms with van der Waals surface area (Å²) in [6.07, 6.45) is 7.45. The lowest BCUT2D eigenvalue weighted by molar-refractivity contribution is 0.0663. The predicted molar refractivity (Wildman–Crippen MR) is 515 cm³/mol. The maximum absolute atomic E-state index is 13.0. The number of carbonyl (C=O) groups excluding carboxylic acids is 12. The first-order chi connectivity index (χ1) is 64.5. The van der Waals surface area contributed by atoms with Crippen molar-refractivity contribution in [2.24, 2.45) is 0 Å². The van der Waals surface area contributed by atoms with Gasteiger partial charge >= 0.3 is 24.1 Å². The number of Topliss-reactive ketones (excluding diaryl/α,β-unsaturated/α-hetero) is 4. The van der Waals surface area contributed by atoms with Crippen molar-refractivity contribution in [3.8, 4) is 46.0 Å². The van der Waals surface area contributed by atoms with Crippen molar-refractivity contribution >= 4 is 93.6 Å². The van der Waals surface area contributed by atoms with Crippen molar-refractivity contribution in [3.05, 3.63) is 212 Å². The van der Waals surface area contributed by atoms with Crippen molar-refractivity contribution in [1.29, 1.82) is 0 Å². The molecule has 8 aromatic rings. The molecule has 32 heteroatoms. The quantitative estimate of drug-likeness (QED) is 0.0240. The SMILES string of the molecule is CCC(=O)c1ccc(C)c(NC(=O)N2CCN(C(=O)c3ccc(OC)cc3OC)CC2)c1.CCCC(=O)c1ccc(C)c(NC(=O)N2CCN(C(=O)c3ccc(OC)cc3OC)CC2)c1.CCCCC(=O)c1ccc(C)c(NC(=O)N2CCN(C(=O)c3ccc(OC)cc3OC)CC2)c1.CCCCCC(=O)c1ccc(C)c(NC(=O)N2CCN(C(=O)c3ccc(OC)cc3OC)CC2)c1. The number of rotatable bonds is 30. The first kappa shape index (κ1) is 104. The van der Waals surface area contributed by atoms with Crippen LogP contribution in [0.4, 0.5) is 41.9 Å². The molecule has 134 heavy (non-hydrogen) atoms. The molecule has 32 nitrogen and oxygen atoms in total. The topological polar surface area (TPSA) is 353 Å². The number of unbranched alkanes of at least 4 members (excludes halogenated alkanes) is 3. The Morgan fingerprint density at radius 1 is 0.246 bits per heavy atom. The second-order valence-electron chi connectivity index (χ2n) is 32.6. The van der Waals surface area contributed by atoms with E-state index in [0.717, 1.165) is 60.8 Å². The molecule has 8 aromatic carbocycles. The van der Waals surface area contributed by atoms with Gasteiger partial charge in [0.05, 0.1) is 79.1 Å². The second-order valence-corrected chi connectivity index (χ2v) is 32.6. The van der Waals surface area contributed by atoms with E-state index in [1.807, 2.05) is 71.9 Å². The zero-order valence-corrected chi connectivity index (χ0v) is 80.0. The number of hydrogen-bond donors (Lipinski definition) is 4. The van der Waals surface area contributed by atoms with E-state index < -0.39 is 0 Å². The Morgan fingerprint density at radius 3 is 0.687 bits per heavy atom. The van der Waals surface area contributed by atoms with Gasteiger partial charge in [0.2, 0.25) is 0 Å². The Kier molecular flexibility index (Phi) is 39.4. The van der Waals surface area contributed by atoms with E-state index in [4.69, 9.17) is 37.9 Å². The van der Waals surface area contributed by atoms with E-state index in [9.17, 15) is 57.5 Å². The number of nitrogens with zero attached hydrogens (tertiary/aromatic N) is 8. The van der Waals surface area contributed by atoms with Gasteiger partial charge in [-0.3, -0.25) is 38.4 Å². The van der Waals surface area contributed by atoms with E-state index >= 15 is 0 Å². The molecule has 0 aliphatic carbocycles. The molecule has 0 saturated carbocycles. The first-order valence-corrected chi connectivity index (χ1v) is 45.3. The second kappa shape index (κ2) is 51.0. The van der Waals surface area contributed by atoms with E-state index in [0.29, 0.717) is 244 Å². The van der Waals surface area contributed by atoms with Crippen molar-refractivity contribution < 1.29 is 95.4 Å². The Morgan fingerprint density at radius 2 is 0.470 bits per heavy atom. The van der Waals surface area contributed by atoms with Crippen LogP contribution in [0.2, 0.25) is 0 Å². The van der Waals surface area contributed by atoms with Gasteiger partial charge in [-0.1, -0.05) is 95.5 Å². The van der Waals surface area contributed by atoms with E-state index in [2.05, 4.69) is 35.1 Å². The van der Waals surface area contributed by atoms with Crippen LogP contribution in [0.25, 0.3) is 0 Å². The molecule has 716 valence electrons. The fraction of sp³-hybridized carbons (Fsp3) is 0.412. The predicted octanol–water partition coefficient (Wildman–Crippen LogP) is 16.7. The first-order valence-electron chi connectivity index (χ1n) is 45.3. The molecule has 0 bridgehead atoms. The van der Waals surface area contributed by atoms with Crippen molar-refractivity contribution in [2.75, 3.05) is 183 Å².